The number of hydrogen-bond donors (Lipinski definition) is 1. The molecule has 5 nitrogen and oxygen atoms in total. The summed E-state index contributed by atoms with van der Waals surface area (Å²) in [4.78, 5) is 24.7. The van der Waals surface area contributed by atoms with E-state index in [1.165, 1.54) is 11.0 Å². The molecule has 21 heavy (non-hydrogen) atoms. The normalized spacial score (nSPS) is 20.1. The van der Waals surface area contributed by atoms with Crippen LogP contribution in [0.15, 0.2) is 24.3 Å². The molecule has 0 bridgehead atoms. The van der Waals surface area contributed by atoms with Gasteiger partial charge in [0.05, 0.1) is 13.2 Å². The summed E-state index contributed by atoms with van der Waals surface area (Å²) in [6, 6.07) is 5.34. The number of carboxylic acid groups (broad SMARTS) is 1. The van der Waals surface area contributed by atoms with Crippen LogP contribution in [0, 0.1) is 5.82 Å². The number of ether oxygens (including phenoxy) is 1. The Labute approximate surface area is 122 Å². The third-order valence-corrected chi connectivity index (χ3v) is 3.65. The van der Waals surface area contributed by atoms with E-state index in [1.807, 2.05) is 0 Å². The molecule has 1 aromatic rings. The van der Waals surface area contributed by atoms with Crippen LogP contribution in [-0.2, 0) is 14.3 Å². The van der Waals surface area contributed by atoms with Crippen LogP contribution in [0.25, 0.3) is 0 Å². The predicted molar refractivity (Wildman–Crippen MR) is 73.4 cm³/mol. The van der Waals surface area contributed by atoms with Crippen LogP contribution in [0.5, 0.6) is 0 Å². The van der Waals surface area contributed by atoms with E-state index in [1.54, 1.807) is 25.1 Å². The van der Waals surface area contributed by atoms with E-state index in [2.05, 4.69) is 0 Å². The number of nitrogens with zero attached hydrogens (tertiary/aromatic N) is 1. The average Bonchev–Trinajstić information content (AvgIpc) is 2.47. The highest BCUT2D eigenvalue weighted by Crippen LogP contribution is 2.23. The Morgan fingerprint density at radius 2 is 2.19 bits per heavy atom. The maximum absolute atomic E-state index is 13.7. The van der Waals surface area contributed by atoms with Crippen molar-refractivity contribution in [3.05, 3.63) is 35.6 Å². The number of carboxylic acids is 1. The molecule has 1 fully saturated rings. The molecule has 1 heterocycles. The molecular weight excluding hydrogens is 277 g/mol. The molecule has 1 aliphatic heterocycles. The van der Waals surface area contributed by atoms with Crippen LogP contribution < -0.4 is 0 Å². The van der Waals surface area contributed by atoms with Crippen molar-refractivity contribution in [1.82, 2.24) is 4.90 Å². The lowest BCUT2D eigenvalue weighted by Gasteiger charge is -2.33. The minimum atomic E-state index is -1.08. The first kappa shape index (κ1) is 15.4. The standard InChI is InChI=1S/C15H18FNO4/c1-10(11-4-2-3-5-12(11)16)8-14(18)17-6-7-21-9-13(17)15(19)20/h2-5,10,13H,6-9H2,1H3,(H,19,20). The van der Waals surface area contributed by atoms with Crippen LogP contribution >= 0.6 is 0 Å². The van der Waals surface area contributed by atoms with E-state index in [0.29, 0.717) is 12.2 Å². The highest BCUT2D eigenvalue weighted by atomic mass is 19.1. The summed E-state index contributed by atoms with van der Waals surface area (Å²) >= 11 is 0. The van der Waals surface area contributed by atoms with Crippen molar-refractivity contribution in [3.63, 3.8) is 0 Å². The predicted octanol–water partition coefficient (Wildman–Crippen LogP) is 1.63. The lowest BCUT2D eigenvalue weighted by Crippen LogP contribution is -2.52. The van der Waals surface area contributed by atoms with Crippen molar-refractivity contribution in [2.45, 2.75) is 25.3 Å². The summed E-state index contributed by atoms with van der Waals surface area (Å²) in [5.74, 6) is -2.03. The summed E-state index contributed by atoms with van der Waals surface area (Å²) in [6.07, 6.45) is 0.0741. The van der Waals surface area contributed by atoms with Crippen LogP contribution in [0.3, 0.4) is 0 Å². The number of halogens is 1. The number of amides is 1. The first-order valence-electron chi connectivity index (χ1n) is 6.85. The molecule has 1 aliphatic rings. The number of carbonyl (C=O) groups is 2. The Morgan fingerprint density at radius 3 is 2.86 bits per heavy atom. The van der Waals surface area contributed by atoms with Gasteiger partial charge in [-0.3, -0.25) is 4.79 Å². The molecule has 0 spiro atoms. The second kappa shape index (κ2) is 6.67. The van der Waals surface area contributed by atoms with Crippen LogP contribution in [0.1, 0.15) is 24.8 Å². The third kappa shape index (κ3) is 3.58. The SMILES string of the molecule is CC(CC(=O)N1CCOCC1C(=O)O)c1ccccc1F. The van der Waals surface area contributed by atoms with Gasteiger partial charge in [-0.15, -0.1) is 0 Å². The Hall–Kier alpha value is -1.95. The molecule has 1 aromatic carbocycles. The van der Waals surface area contributed by atoms with Crippen molar-refractivity contribution in [1.29, 1.82) is 0 Å². The first-order chi connectivity index (χ1) is 10.0. The molecule has 1 N–H and O–H groups in total. The lowest BCUT2D eigenvalue weighted by atomic mass is 9.96. The highest BCUT2D eigenvalue weighted by Gasteiger charge is 2.33. The molecular formula is C15H18FNO4. The number of carbonyl (C=O) groups excluding carboxylic acids is 1. The maximum atomic E-state index is 13.7. The van der Waals surface area contributed by atoms with Gasteiger partial charge in [-0.05, 0) is 17.5 Å². The monoisotopic (exact) mass is 295 g/mol. The molecule has 2 atom stereocenters. The Bertz CT molecular complexity index is 534. The van der Waals surface area contributed by atoms with Gasteiger partial charge >= 0.3 is 5.97 Å². The highest BCUT2D eigenvalue weighted by molar-refractivity contribution is 5.84. The molecule has 6 heteroatoms. The molecule has 0 radical (unpaired) electrons. The third-order valence-electron chi connectivity index (χ3n) is 3.65. The summed E-state index contributed by atoms with van der Waals surface area (Å²) < 4.78 is 18.8. The summed E-state index contributed by atoms with van der Waals surface area (Å²) in [5.41, 5.74) is 0.464. The van der Waals surface area contributed by atoms with Gasteiger partial charge in [0.25, 0.3) is 0 Å². The number of rotatable bonds is 4. The van der Waals surface area contributed by atoms with Crippen molar-refractivity contribution in [3.8, 4) is 0 Å². The van der Waals surface area contributed by atoms with E-state index in [9.17, 15) is 14.0 Å². The fourth-order valence-electron chi connectivity index (χ4n) is 2.47. The summed E-state index contributed by atoms with van der Waals surface area (Å²) in [7, 11) is 0. The van der Waals surface area contributed by atoms with Gasteiger partial charge in [-0.1, -0.05) is 25.1 Å². The van der Waals surface area contributed by atoms with E-state index >= 15 is 0 Å². The van der Waals surface area contributed by atoms with Crippen molar-refractivity contribution >= 4 is 11.9 Å². The first-order valence-corrected chi connectivity index (χ1v) is 6.85. The smallest absolute Gasteiger partial charge is 0.328 e. The minimum Gasteiger partial charge on any atom is -0.480 e. The van der Waals surface area contributed by atoms with Gasteiger partial charge < -0.3 is 14.7 Å². The van der Waals surface area contributed by atoms with Crippen molar-refractivity contribution in [2.75, 3.05) is 19.8 Å². The molecule has 0 saturated carbocycles. The number of morpholine rings is 1. The Morgan fingerprint density at radius 1 is 1.48 bits per heavy atom. The van der Waals surface area contributed by atoms with E-state index in [4.69, 9.17) is 9.84 Å². The Kier molecular flexibility index (Phi) is 4.90. The van der Waals surface area contributed by atoms with Crippen molar-refractivity contribution < 1.29 is 23.8 Å². The zero-order valence-electron chi connectivity index (χ0n) is 11.8. The van der Waals surface area contributed by atoms with E-state index < -0.39 is 12.0 Å². The topological polar surface area (TPSA) is 66.8 Å². The quantitative estimate of drug-likeness (QED) is 0.917. The lowest BCUT2D eigenvalue weighted by molar-refractivity contribution is -0.158. The zero-order valence-corrected chi connectivity index (χ0v) is 11.8. The Balaban J connectivity index is 2.06. The molecule has 0 aromatic heterocycles. The largest absolute Gasteiger partial charge is 0.480 e. The molecule has 0 aliphatic carbocycles. The minimum absolute atomic E-state index is 0.00481. The van der Waals surface area contributed by atoms with Gasteiger partial charge in [-0.2, -0.15) is 0 Å². The van der Waals surface area contributed by atoms with Gasteiger partial charge in [0.2, 0.25) is 5.91 Å². The molecule has 1 amide bonds. The second-order valence-corrected chi connectivity index (χ2v) is 5.14. The summed E-state index contributed by atoms with van der Waals surface area (Å²) in [5, 5.41) is 9.12. The van der Waals surface area contributed by atoms with Gasteiger partial charge in [-0.25, -0.2) is 9.18 Å². The average molecular weight is 295 g/mol. The van der Waals surface area contributed by atoms with Gasteiger partial charge in [0.1, 0.15) is 5.82 Å². The fraction of sp³-hybridized carbons (Fsp3) is 0.467. The molecule has 2 rings (SSSR count). The fourth-order valence-corrected chi connectivity index (χ4v) is 2.47. The number of hydrogen-bond acceptors (Lipinski definition) is 3. The maximum Gasteiger partial charge on any atom is 0.328 e. The second-order valence-electron chi connectivity index (χ2n) is 5.14. The van der Waals surface area contributed by atoms with E-state index in [-0.39, 0.29) is 37.2 Å². The molecule has 114 valence electrons. The van der Waals surface area contributed by atoms with Crippen LogP contribution in [-0.4, -0.2) is 47.7 Å². The van der Waals surface area contributed by atoms with Gasteiger partial charge in [0.15, 0.2) is 6.04 Å². The number of benzene rings is 1. The molecule has 1 saturated heterocycles. The van der Waals surface area contributed by atoms with Crippen LogP contribution in [0.2, 0.25) is 0 Å². The zero-order chi connectivity index (χ0) is 15.4. The van der Waals surface area contributed by atoms with Crippen molar-refractivity contribution in [2.24, 2.45) is 0 Å². The summed E-state index contributed by atoms with van der Waals surface area (Å²) in [6.45, 7) is 2.32. The van der Waals surface area contributed by atoms with E-state index in [0.717, 1.165) is 0 Å². The van der Waals surface area contributed by atoms with Gasteiger partial charge in [0, 0.05) is 13.0 Å². The van der Waals surface area contributed by atoms with Crippen LogP contribution in [0.4, 0.5) is 4.39 Å². The number of aliphatic carboxylic acids is 1. The molecule has 2 unspecified atom stereocenters.